The Balaban J connectivity index is 2.15. The molecule has 0 aliphatic rings. The normalized spacial score (nSPS) is 11.5. The number of imide groups is 1. The molecule has 12 heteroatoms. The summed E-state index contributed by atoms with van der Waals surface area (Å²) in [7, 11) is -3.64. The van der Waals surface area contributed by atoms with Gasteiger partial charge in [-0.1, -0.05) is 31.7 Å². The molecule has 0 saturated carbocycles. The van der Waals surface area contributed by atoms with Crippen molar-refractivity contribution in [1.82, 2.24) is 29.5 Å². The first-order valence-electron chi connectivity index (χ1n) is 8.49. The van der Waals surface area contributed by atoms with Crippen molar-refractivity contribution >= 4 is 39.4 Å². The fourth-order valence-corrected chi connectivity index (χ4v) is 4.49. The van der Waals surface area contributed by atoms with Crippen molar-refractivity contribution in [2.45, 2.75) is 23.9 Å². The Morgan fingerprint density at radius 1 is 1.29 bits per heavy atom. The van der Waals surface area contributed by atoms with Gasteiger partial charge in [-0.15, -0.1) is 16.8 Å². The quantitative estimate of drug-likeness (QED) is 0.450. The second kappa shape index (κ2) is 9.66. The first-order chi connectivity index (χ1) is 13.3. The number of amides is 3. The van der Waals surface area contributed by atoms with E-state index in [2.05, 4.69) is 27.4 Å². The van der Waals surface area contributed by atoms with Crippen molar-refractivity contribution in [3.63, 3.8) is 0 Å². The molecule has 0 fully saturated rings. The van der Waals surface area contributed by atoms with E-state index in [4.69, 9.17) is 0 Å². The minimum Gasteiger partial charge on any atom is -0.334 e. The van der Waals surface area contributed by atoms with Crippen LogP contribution < -0.4 is 10.6 Å². The van der Waals surface area contributed by atoms with E-state index < -0.39 is 22.0 Å². The summed E-state index contributed by atoms with van der Waals surface area (Å²) >= 11 is 1.04. The highest BCUT2D eigenvalue weighted by atomic mass is 32.2. The smallest absolute Gasteiger partial charge is 0.321 e. The number of sulfonamides is 1. The monoisotopic (exact) mass is 426 g/mol. The molecule has 28 heavy (non-hydrogen) atoms. The Hall–Kier alpha value is -2.44. The number of carbonyl (C=O) groups is 2. The van der Waals surface area contributed by atoms with E-state index in [-0.39, 0.29) is 17.2 Å². The lowest BCUT2D eigenvalue weighted by atomic mass is 10.5. The van der Waals surface area contributed by atoms with E-state index in [1.54, 1.807) is 19.9 Å². The Kier molecular flexibility index (Phi) is 7.54. The first kappa shape index (κ1) is 21.9. The zero-order valence-electron chi connectivity index (χ0n) is 15.6. The number of hydrogen-bond donors (Lipinski definition) is 2. The largest absolute Gasteiger partial charge is 0.334 e. The van der Waals surface area contributed by atoms with Crippen molar-refractivity contribution < 1.29 is 18.0 Å². The van der Waals surface area contributed by atoms with Crippen LogP contribution in [0.2, 0.25) is 0 Å². The van der Waals surface area contributed by atoms with E-state index in [0.717, 1.165) is 11.8 Å². The van der Waals surface area contributed by atoms with Crippen LogP contribution in [0, 0.1) is 0 Å². The molecule has 0 atom stereocenters. The molecule has 0 radical (unpaired) electrons. The third-order valence-electron chi connectivity index (χ3n) is 3.68. The Labute approximate surface area is 167 Å². The summed E-state index contributed by atoms with van der Waals surface area (Å²) in [5.41, 5.74) is 0.449. The van der Waals surface area contributed by atoms with Crippen molar-refractivity contribution in [2.75, 3.05) is 25.4 Å². The summed E-state index contributed by atoms with van der Waals surface area (Å²) in [6.45, 7) is 7.95. The summed E-state index contributed by atoms with van der Waals surface area (Å²) in [5.74, 6) is -0.606. The number of aromatic nitrogens is 3. The Morgan fingerprint density at radius 3 is 2.64 bits per heavy atom. The van der Waals surface area contributed by atoms with Gasteiger partial charge in [0.2, 0.25) is 15.9 Å². The molecule has 0 aromatic carbocycles. The van der Waals surface area contributed by atoms with Crippen LogP contribution in [-0.4, -0.2) is 64.6 Å². The highest BCUT2D eigenvalue weighted by molar-refractivity contribution is 7.99. The van der Waals surface area contributed by atoms with Crippen LogP contribution in [0.5, 0.6) is 0 Å². The summed E-state index contributed by atoms with van der Waals surface area (Å²) in [5, 5.41) is 12.9. The SMILES string of the molecule is C=CCNC(=O)NC(=O)CSc1nnc2ccc(S(=O)(=O)N(CC)CC)cn12. The van der Waals surface area contributed by atoms with Crippen LogP contribution in [0.15, 0.2) is 41.0 Å². The number of fused-ring (bicyclic) bond motifs is 1. The van der Waals surface area contributed by atoms with Gasteiger partial charge in [-0.05, 0) is 12.1 Å². The molecule has 0 aliphatic carbocycles. The van der Waals surface area contributed by atoms with Gasteiger partial charge in [-0.2, -0.15) is 4.31 Å². The van der Waals surface area contributed by atoms with Crippen molar-refractivity contribution in [3.8, 4) is 0 Å². The predicted molar refractivity (Wildman–Crippen MR) is 106 cm³/mol. The summed E-state index contributed by atoms with van der Waals surface area (Å²) in [4.78, 5) is 23.4. The number of rotatable bonds is 9. The third kappa shape index (κ3) is 5.09. The predicted octanol–water partition coefficient (Wildman–Crippen LogP) is 0.864. The van der Waals surface area contributed by atoms with Gasteiger partial charge < -0.3 is 5.32 Å². The van der Waals surface area contributed by atoms with Crippen LogP contribution in [0.4, 0.5) is 4.79 Å². The molecular formula is C16H22N6O4S2. The van der Waals surface area contributed by atoms with Gasteiger partial charge in [-0.3, -0.25) is 14.5 Å². The van der Waals surface area contributed by atoms with Crippen molar-refractivity contribution in [3.05, 3.63) is 31.0 Å². The van der Waals surface area contributed by atoms with Crippen molar-refractivity contribution in [2.24, 2.45) is 0 Å². The standard InChI is InChI=1S/C16H22N6O4S2/c1-4-9-17-15(24)18-14(23)11-27-16-20-19-13-8-7-12(10-22(13)16)28(25,26)21(5-2)6-3/h4,7-8,10H,1,5-6,9,11H2,2-3H3,(H2,17,18,23,24). The van der Waals surface area contributed by atoms with Crippen LogP contribution in [0.25, 0.3) is 5.65 Å². The lowest BCUT2D eigenvalue weighted by molar-refractivity contribution is -0.117. The van der Waals surface area contributed by atoms with Crippen LogP contribution >= 0.6 is 11.8 Å². The molecule has 2 aromatic heterocycles. The molecule has 0 bridgehead atoms. The van der Waals surface area contributed by atoms with Gasteiger partial charge in [-0.25, -0.2) is 13.2 Å². The van der Waals surface area contributed by atoms with E-state index in [0.29, 0.717) is 23.9 Å². The Bertz CT molecular complexity index is 969. The fraction of sp³-hybridized carbons (Fsp3) is 0.375. The van der Waals surface area contributed by atoms with Gasteiger partial charge >= 0.3 is 6.03 Å². The van der Waals surface area contributed by atoms with Crippen molar-refractivity contribution in [1.29, 1.82) is 0 Å². The number of nitrogens with zero attached hydrogens (tertiary/aromatic N) is 4. The molecule has 3 amide bonds. The lowest BCUT2D eigenvalue weighted by Gasteiger charge is -2.18. The molecule has 2 heterocycles. The minimum atomic E-state index is -3.64. The van der Waals surface area contributed by atoms with E-state index in [1.165, 1.54) is 27.0 Å². The highest BCUT2D eigenvalue weighted by Crippen LogP contribution is 2.21. The summed E-state index contributed by atoms with van der Waals surface area (Å²) < 4.78 is 28.2. The van der Waals surface area contributed by atoms with Gasteiger partial charge in [0, 0.05) is 25.8 Å². The number of thioether (sulfide) groups is 1. The van der Waals surface area contributed by atoms with Crippen LogP contribution in [0.3, 0.4) is 0 Å². The molecule has 152 valence electrons. The number of pyridine rings is 1. The van der Waals surface area contributed by atoms with Crippen LogP contribution in [-0.2, 0) is 14.8 Å². The molecule has 0 unspecified atom stereocenters. The number of hydrogen-bond acceptors (Lipinski definition) is 7. The van der Waals surface area contributed by atoms with E-state index >= 15 is 0 Å². The molecule has 0 aliphatic heterocycles. The summed E-state index contributed by atoms with van der Waals surface area (Å²) in [6, 6.07) is 2.41. The number of urea groups is 1. The zero-order chi connectivity index (χ0) is 20.7. The maximum absolute atomic E-state index is 12.7. The summed E-state index contributed by atoms with van der Waals surface area (Å²) in [6.07, 6.45) is 2.92. The molecule has 0 spiro atoms. The number of carbonyl (C=O) groups excluding carboxylic acids is 2. The van der Waals surface area contributed by atoms with E-state index in [1.807, 2.05) is 0 Å². The molecule has 2 aromatic rings. The van der Waals surface area contributed by atoms with E-state index in [9.17, 15) is 18.0 Å². The van der Waals surface area contributed by atoms with Gasteiger partial charge in [0.1, 0.15) is 0 Å². The maximum atomic E-state index is 12.7. The fourth-order valence-electron chi connectivity index (χ4n) is 2.32. The zero-order valence-corrected chi connectivity index (χ0v) is 17.2. The molecular weight excluding hydrogens is 404 g/mol. The topological polar surface area (TPSA) is 126 Å². The molecule has 2 rings (SSSR count). The molecule has 2 N–H and O–H groups in total. The van der Waals surface area contributed by atoms with Gasteiger partial charge in [0.15, 0.2) is 10.8 Å². The third-order valence-corrected chi connectivity index (χ3v) is 6.66. The Morgan fingerprint density at radius 2 is 2.00 bits per heavy atom. The van der Waals surface area contributed by atoms with Crippen LogP contribution in [0.1, 0.15) is 13.8 Å². The average Bonchev–Trinajstić information content (AvgIpc) is 3.07. The number of nitrogens with one attached hydrogen (secondary N) is 2. The molecule has 10 nitrogen and oxygen atoms in total. The van der Waals surface area contributed by atoms with Gasteiger partial charge in [0.05, 0.1) is 10.6 Å². The molecule has 0 saturated heterocycles. The highest BCUT2D eigenvalue weighted by Gasteiger charge is 2.23. The first-order valence-corrected chi connectivity index (χ1v) is 10.9. The second-order valence-electron chi connectivity index (χ2n) is 5.50. The lowest BCUT2D eigenvalue weighted by Crippen LogP contribution is -2.40. The second-order valence-corrected chi connectivity index (χ2v) is 8.38. The van der Waals surface area contributed by atoms with Gasteiger partial charge in [0.25, 0.3) is 0 Å². The average molecular weight is 427 g/mol. The maximum Gasteiger partial charge on any atom is 0.321 e. The minimum absolute atomic E-state index is 0.0880.